The highest BCUT2D eigenvalue weighted by Crippen LogP contribution is 2.29. The van der Waals surface area contributed by atoms with Crippen molar-refractivity contribution >= 4 is 29.2 Å². The molecule has 0 aliphatic rings. The van der Waals surface area contributed by atoms with E-state index in [2.05, 4.69) is 19.7 Å². The van der Waals surface area contributed by atoms with E-state index in [-0.39, 0.29) is 43.0 Å². The van der Waals surface area contributed by atoms with Gasteiger partial charge in [-0.1, -0.05) is 53.1 Å². The van der Waals surface area contributed by atoms with Crippen molar-refractivity contribution in [3.8, 4) is 0 Å². The van der Waals surface area contributed by atoms with Gasteiger partial charge in [-0.25, -0.2) is 9.78 Å². The molecule has 0 radical (unpaired) electrons. The summed E-state index contributed by atoms with van der Waals surface area (Å²) >= 11 is 1.11. The van der Waals surface area contributed by atoms with Crippen LogP contribution < -0.4 is 0 Å². The maximum atomic E-state index is 13.6. The number of hydrogen-bond acceptors (Lipinski definition) is 9. The Balaban J connectivity index is 3.28. The van der Waals surface area contributed by atoms with Gasteiger partial charge in [0.05, 0.1) is 7.11 Å². The van der Waals surface area contributed by atoms with E-state index in [4.69, 9.17) is 10.3 Å². The van der Waals surface area contributed by atoms with Gasteiger partial charge in [0.1, 0.15) is 17.2 Å². The van der Waals surface area contributed by atoms with Crippen LogP contribution in [0, 0.1) is 17.8 Å². The van der Waals surface area contributed by atoms with Crippen molar-refractivity contribution in [3.63, 3.8) is 0 Å². The average Bonchev–Trinajstić information content (AvgIpc) is 3.30. The summed E-state index contributed by atoms with van der Waals surface area (Å²) in [7, 11) is 1.24. The molecule has 1 rings (SSSR count). The van der Waals surface area contributed by atoms with Crippen LogP contribution >= 0.6 is 11.3 Å². The number of aromatic nitrogens is 1. The molecule has 4 atom stereocenters. The van der Waals surface area contributed by atoms with Crippen molar-refractivity contribution in [2.75, 3.05) is 13.8 Å². The summed E-state index contributed by atoms with van der Waals surface area (Å²) in [5.74, 6) is -1.85. The fourth-order valence-corrected chi connectivity index (χ4v) is 4.23. The summed E-state index contributed by atoms with van der Waals surface area (Å²) < 4.78 is 10.1. The van der Waals surface area contributed by atoms with Crippen LogP contribution in [0.5, 0.6) is 0 Å². The Bertz CT molecular complexity index is 899. The number of methoxy groups -OCH3 is 1. The quantitative estimate of drug-likeness (QED) is 0.127. The van der Waals surface area contributed by atoms with E-state index < -0.39 is 36.0 Å². The van der Waals surface area contributed by atoms with E-state index in [1.165, 1.54) is 17.4 Å². The molecule has 1 N–H and O–H groups in total. The second kappa shape index (κ2) is 14.7. The van der Waals surface area contributed by atoms with E-state index in [0.29, 0.717) is 11.4 Å². The van der Waals surface area contributed by atoms with Gasteiger partial charge in [0, 0.05) is 29.2 Å². The number of ether oxygens (including phenoxy) is 2. The third-order valence-electron chi connectivity index (χ3n) is 5.67. The van der Waals surface area contributed by atoms with E-state index in [0.717, 1.165) is 11.3 Å². The molecule has 11 nitrogen and oxygen atoms in total. The molecule has 12 heteroatoms. The zero-order valence-corrected chi connectivity index (χ0v) is 22.3. The molecule has 0 saturated heterocycles. The molecule has 1 heterocycles. The van der Waals surface area contributed by atoms with Crippen molar-refractivity contribution in [3.05, 3.63) is 26.5 Å². The molecule has 196 valence electrons. The molecule has 0 fully saturated rings. The number of carbonyl (C=O) groups is 3. The molecule has 1 aromatic rings. The summed E-state index contributed by atoms with van der Waals surface area (Å²) in [6.07, 6.45) is -0.227. The lowest BCUT2D eigenvalue weighted by atomic mass is 9.93. The van der Waals surface area contributed by atoms with Crippen molar-refractivity contribution in [1.29, 1.82) is 0 Å². The summed E-state index contributed by atoms with van der Waals surface area (Å²) in [5, 5.41) is 16.4. The van der Waals surface area contributed by atoms with Gasteiger partial charge in [-0.3, -0.25) is 9.59 Å². The number of thiazole rings is 1. The predicted octanol–water partition coefficient (Wildman–Crippen LogP) is 4.48. The van der Waals surface area contributed by atoms with E-state index in [9.17, 15) is 19.5 Å². The molecule has 1 aromatic heterocycles. The van der Waals surface area contributed by atoms with Crippen LogP contribution in [0.4, 0.5) is 0 Å². The van der Waals surface area contributed by atoms with Crippen molar-refractivity contribution < 1.29 is 29.0 Å². The number of rotatable bonds is 14. The predicted molar refractivity (Wildman–Crippen MR) is 131 cm³/mol. The Kier molecular flexibility index (Phi) is 12.7. The van der Waals surface area contributed by atoms with Gasteiger partial charge in [0.15, 0.2) is 12.4 Å². The van der Waals surface area contributed by atoms with Crippen LogP contribution in [0.1, 0.15) is 82.4 Å². The van der Waals surface area contributed by atoms with E-state index >= 15 is 0 Å². The number of amides is 1. The largest absolute Gasteiger partial charge is 0.464 e. The van der Waals surface area contributed by atoms with Crippen LogP contribution in [0.25, 0.3) is 10.4 Å². The summed E-state index contributed by atoms with van der Waals surface area (Å²) in [5.41, 5.74) is 9.14. The zero-order chi connectivity index (χ0) is 26.7. The number of hydrogen-bond donors (Lipinski definition) is 1. The lowest BCUT2D eigenvalue weighted by Crippen LogP contribution is -2.50. The normalized spacial score (nSPS) is 14.6. The molecule has 0 aliphatic heterocycles. The van der Waals surface area contributed by atoms with E-state index in [1.807, 2.05) is 41.5 Å². The topological polar surface area (TPSA) is 155 Å². The third kappa shape index (κ3) is 9.12. The minimum absolute atomic E-state index is 0.0722. The Morgan fingerprint density at radius 1 is 1.26 bits per heavy atom. The van der Waals surface area contributed by atoms with Crippen molar-refractivity contribution in [2.24, 2.45) is 22.9 Å². The van der Waals surface area contributed by atoms with Gasteiger partial charge in [-0.15, -0.1) is 11.3 Å². The molecule has 0 aromatic carbocycles. The van der Waals surface area contributed by atoms with Crippen LogP contribution in [0.3, 0.4) is 0 Å². The maximum Gasteiger partial charge on any atom is 0.357 e. The Hall–Kier alpha value is -2.69. The number of aliphatic hydroxyl groups is 1. The Labute approximate surface area is 210 Å². The molecule has 1 amide bonds. The smallest absolute Gasteiger partial charge is 0.357 e. The molecular weight excluding hydrogens is 474 g/mol. The molecule has 0 unspecified atom stereocenters. The zero-order valence-electron chi connectivity index (χ0n) is 21.5. The minimum Gasteiger partial charge on any atom is -0.464 e. The average molecular weight is 512 g/mol. The van der Waals surface area contributed by atoms with Crippen molar-refractivity contribution in [2.45, 2.75) is 79.0 Å². The second-order valence-corrected chi connectivity index (χ2v) is 10.1. The number of esters is 2. The first-order valence-corrected chi connectivity index (χ1v) is 12.6. The molecule has 35 heavy (non-hydrogen) atoms. The summed E-state index contributed by atoms with van der Waals surface area (Å²) in [6, 6.07) is -1.56. The van der Waals surface area contributed by atoms with Gasteiger partial charge in [-0.05, 0) is 23.3 Å². The number of carbonyl (C=O) groups excluding carboxylic acids is 3. The van der Waals surface area contributed by atoms with Crippen molar-refractivity contribution in [1.82, 2.24) is 9.88 Å². The van der Waals surface area contributed by atoms with Crippen LogP contribution in [0.2, 0.25) is 0 Å². The van der Waals surface area contributed by atoms with Gasteiger partial charge in [0.25, 0.3) is 0 Å². The highest BCUT2D eigenvalue weighted by atomic mass is 32.1. The monoisotopic (exact) mass is 511 g/mol. The fraction of sp³-hybridized carbons (Fsp3) is 0.739. The Morgan fingerprint density at radius 3 is 2.43 bits per heavy atom. The summed E-state index contributed by atoms with van der Waals surface area (Å²) in [6.45, 7) is 10.9. The SMILES string of the molecule is CC[C@H](C)[C@H](N=[N+]=[N-])C(=O)N(COC(=O)CC(C)C)[C@H](C[C@@H](O)c1nc(C(=O)OC)cs1)C(C)C. The molecule has 0 saturated carbocycles. The molecule has 0 bridgehead atoms. The number of nitrogens with zero attached hydrogens (tertiary/aromatic N) is 5. The molecule has 0 spiro atoms. The number of aliphatic hydroxyl groups excluding tert-OH is 1. The van der Waals surface area contributed by atoms with Gasteiger partial charge in [-0.2, -0.15) is 0 Å². The first kappa shape index (κ1) is 30.3. The van der Waals surface area contributed by atoms with Gasteiger partial charge >= 0.3 is 11.9 Å². The third-order valence-corrected chi connectivity index (χ3v) is 6.62. The molecular formula is C23H37N5O6S. The first-order chi connectivity index (χ1) is 16.5. The Morgan fingerprint density at radius 2 is 1.91 bits per heavy atom. The number of azide groups is 1. The lowest BCUT2D eigenvalue weighted by Gasteiger charge is -2.37. The second-order valence-electron chi connectivity index (χ2n) is 9.21. The maximum absolute atomic E-state index is 13.6. The highest BCUT2D eigenvalue weighted by Gasteiger charge is 2.36. The van der Waals surface area contributed by atoms with Crippen LogP contribution in [0.15, 0.2) is 10.5 Å². The minimum atomic E-state index is -1.09. The standard InChI is InChI=1S/C23H37N5O6S/c1-8-15(6)20(26-27-24)22(31)28(12-34-19(30)9-13(2)3)17(14(4)5)10-18(29)21-25-16(11-35-21)23(32)33-7/h11,13-15,17-18,20,29H,8-10,12H2,1-7H3/t15-,17+,18+,20-/m0/s1. The summed E-state index contributed by atoms with van der Waals surface area (Å²) in [4.78, 5) is 45.9. The van der Waals surface area contributed by atoms with Gasteiger partial charge < -0.3 is 19.5 Å². The fourth-order valence-electron chi connectivity index (χ4n) is 3.44. The van der Waals surface area contributed by atoms with Gasteiger partial charge in [0.2, 0.25) is 5.91 Å². The molecule has 0 aliphatic carbocycles. The highest BCUT2D eigenvalue weighted by molar-refractivity contribution is 7.09. The van der Waals surface area contributed by atoms with E-state index in [1.54, 1.807) is 0 Å². The lowest BCUT2D eigenvalue weighted by molar-refractivity contribution is -0.158. The van der Waals surface area contributed by atoms with Crippen LogP contribution in [-0.2, 0) is 19.1 Å². The first-order valence-electron chi connectivity index (χ1n) is 11.7. The van der Waals surface area contributed by atoms with Crippen LogP contribution in [-0.4, -0.2) is 58.8 Å².